The summed E-state index contributed by atoms with van der Waals surface area (Å²) in [4.78, 5) is 7.75. The van der Waals surface area contributed by atoms with E-state index in [0.717, 1.165) is 29.5 Å². The summed E-state index contributed by atoms with van der Waals surface area (Å²) in [5.74, 6) is 0. The average molecular weight is 213 g/mol. The lowest BCUT2D eigenvalue weighted by Crippen LogP contribution is -2.21. The first-order valence-electron chi connectivity index (χ1n) is 4.76. The molecule has 1 fully saturated rings. The molecule has 78 valence electrons. The summed E-state index contributed by atoms with van der Waals surface area (Å²) in [5.41, 5.74) is 5.54. The Morgan fingerprint density at radius 2 is 2.64 bits per heavy atom. The minimum Gasteiger partial charge on any atom is -0.380 e. The summed E-state index contributed by atoms with van der Waals surface area (Å²) in [6.07, 6.45) is 3.31. The SMILES string of the molecule is COC1CCN(c2ncc(CN)s2)C1. The van der Waals surface area contributed by atoms with Gasteiger partial charge in [-0.3, -0.25) is 0 Å². The fourth-order valence-electron chi connectivity index (χ4n) is 1.63. The van der Waals surface area contributed by atoms with Gasteiger partial charge in [-0.1, -0.05) is 0 Å². The second kappa shape index (κ2) is 4.25. The number of methoxy groups -OCH3 is 1. The molecule has 1 aliphatic heterocycles. The van der Waals surface area contributed by atoms with Gasteiger partial charge in [-0.25, -0.2) is 4.98 Å². The van der Waals surface area contributed by atoms with Gasteiger partial charge < -0.3 is 15.4 Å². The molecule has 1 saturated heterocycles. The summed E-state index contributed by atoms with van der Waals surface area (Å²) in [5, 5.41) is 1.07. The van der Waals surface area contributed by atoms with Crippen LogP contribution in [-0.4, -0.2) is 31.3 Å². The summed E-state index contributed by atoms with van der Waals surface area (Å²) in [6, 6.07) is 0. The van der Waals surface area contributed by atoms with Crippen molar-refractivity contribution >= 4 is 16.5 Å². The van der Waals surface area contributed by atoms with Crippen LogP contribution in [-0.2, 0) is 11.3 Å². The molecule has 1 aromatic rings. The lowest BCUT2D eigenvalue weighted by atomic mass is 10.3. The van der Waals surface area contributed by atoms with Crippen LogP contribution in [0, 0.1) is 0 Å². The van der Waals surface area contributed by atoms with Gasteiger partial charge in [-0.2, -0.15) is 0 Å². The summed E-state index contributed by atoms with van der Waals surface area (Å²) in [6.45, 7) is 2.57. The van der Waals surface area contributed by atoms with E-state index in [2.05, 4.69) is 9.88 Å². The molecule has 1 aromatic heterocycles. The third kappa shape index (κ3) is 1.89. The predicted octanol–water partition coefficient (Wildman–Crippen LogP) is 0.827. The van der Waals surface area contributed by atoms with Crippen molar-refractivity contribution in [1.29, 1.82) is 0 Å². The first-order valence-corrected chi connectivity index (χ1v) is 5.57. The van der Waals surface area contributed by atoms with Crippen LogP contribution in [0.2, 0.25) is 0 Å². The molecule has 0 saturated carbocycles. The van der Waals surface area contributed by atoms with Crippen LogP contribution < -0.4 is 10.6 Å². The van der Waals surface area contributed by atoms with E-state index in [1.165, 1.54) is 0 Å². The van der Waals surface area contributed by atoms with Crippen molar-refractivity contribution in [3.8, 4) is 0 Å². The van der Waals surface area contributed by atoms with E-state index in [0.29, 0.717) is 12.6 Å². The highest BCUT2D eigenvalue weighted by molar-refractivity contribution is 7.15. The van der Waals surface area contributed by atoms with E-state index in [4.69, 9.17) is 10.5 Å². The maximum atomic E-state index is 5.54. The minimum atomic E-state index is 0.361. The molecule has 2 N–H and O–H groups in total. The van der Waals surface area contributed by atoms with Crippen molar-refractivity contribution < 1.29 is 4.74 Å². The van der Waals surface area contributed by atoms with Gasteiger partial charge in [0.2, 0.25) is 0 Å². The number of rotatable bonds is 3. The number of aromatic nitrogens is 1. The number of hydrogen-bond donors (Lipinski definition) is 1. The van der Waals surface area contributed by atoms with Gasteiger partial charge in [0.15, 0.2) is 5.13 Å². The number of nitrogens with two attached hydrogens (primary N) is 1. The Bertz CT molecular complexity index is 302. The molecule has 0 bridgehead atoms. The van der Waals surface area contributed by atoms with Crippen molar-refractivity contribution in [3.63, 3.8) is 0 Å². The number of nitrogens with zero attached hydrogens (tertiary/aromatic N) is 2. The molecule has 4 nitrogen and oxygen atoms in total. The Hall–Kier alpha value is -0.650. The summed E-state index contributed by atoms with van der Waals surface area (Å²) >= 11 is 1.68. The Balaban J connectivity index is 2.02. The van der Waals surface area contributed by atoms with E-state index in [1.54, 1.807) is 18.4 Å². The van der Waals surface area contributed by atoms with Gasteiger partial charge in [0.1, 0.15) is 0 Å². The topological polar surface area (TPSA) is 51.4 Å². The Labute approximate surface area is 87.7 Å². The zero-order valence-electron chi connectivity index (χ0n) is 8.27. The van der Waals surface area contributed by atoms with Crippen molar-refractivity contribution in [2.45, 2.75) is 19.1 Å². The zero-order valence-corrected chi connectivity index (χ0v) is 9.09. The number of anilines is 1. The van der Waals surface area contributed by atoms with Crippen LogP contribution in [0.25, 0.3) is 0 Å². The molecule has 14 heavy (non-hydrogen) atoms. The molecule has 0 spiro atoms. The minimum absolute atomic E-state index is 0.361. The molecular weight excluding hydrogens is 198 g/mol. The Morgan fingerprint density at radius 1 is 1.79 bits per heavy atom. The molecule has 5 heteroatoms. The highest BCUT2D eigenvalue weighted by atomic mass is 32.1. The molecule has 0 aromatic carbocycles. The smallest absolute Gasteiger partial charge is 0.185 e. The van der Waals surface area contributed by atoms with Crippen molar-refractivity contribution in [2.24, 2.45) is 5.73 Å². The zero-order chi connectivity index (χ0) is 9.97. The fraction of sp³-hybridized carbons (Fsp3) is 0.667. The number of thiazole rings is 1. The number of hydrogen-bond acceptors (Lipinski definition) is 5. The summed E-state index contributed by atoms with van der Waals surface area (Å²) < 4.78 is 5.31. The molecule has 1 atom stereocenters. The first kappa shape index (κ1) is 9.89. The van der Waals surface area contributed by atoms with E-state index in [-0.39, 0.29) is 0 Å². The summed E-state index contributed by atoms with van der Waals surface area (Å²) in [7, 11) is 1.77. The highest BCUT2D eigenvalue weighted by Gasteiger charge is 2.23. The second-order valence-electron chi connectivity index (χ2n) is 3.41. The van der Waals surface area contributed by atoms with E-state index < -0.39 is 0 Å². The lowest BCUT2D eigenvalue weighted by molar-refractivity contribution is 0.121. The maximum Gasteiger partial charge on any atom is 0.185 e. The third-order valence-electron chi connectivity index (χ3n) is 2.49. The number of ether oxygens (including phenoxy) is 1. The predicted molar refractivity (Wildman–Crippen MR) is 57.6 cm³/mol. The molecule has 0 amide bonds. The van der Waals surface area contributed by atoms with E-state index in [1.807, 2.05) is 6.20 Å². The highest BCUT2D eigenvalue weighted by Crippen LogP contribution is 2.26. The average Bonchev–Trinajstić information content (AvgIpc) is 2.86. The lowest BCUT2D eigenvalue weighted by Gasteiger charge is -2.13. The second-order valence-corrected chi connectivity index (χ2v) is 4.50. The Morgan fingerprint density at radius 3 is 3.21 bits per heavy atom. The molecule has 2 rings (SSSR count). The van der Waals surface area contributed by atoms with Crippen LogP contribution >= 0.6 is 11.3 Å². The van der Waals surface area contributed by atoms with Gasteiger partial charge in [-0.05, 0) is 6.42 Å². The Kier molecular flexibility index (Phi) is 3.00. The van der Waals surface area contributed by atoms with E-state index >= 15 is 0 Å². The monoisotopic (exact) mass is 213 g/mol. The van der Waals surface area contributed by atoms with Gasteiger partial charge >= 0.3 is 0 Å². The maximum absolute atomic E-state index is 5.54. The van der Waals surface area contributed by atoms with Gasteiger partial charge in [0.25, 0.3) is 0 Å². The van der Waals surface area contributed by atoms with Gasteiger partial charge in [-0.15, -0.1) is 11.3 Å². The van der Waals surface area contributed by atoms with E-state index in [9.17, 15) is 0 Å². The largest absolute Gasteiger partial charge is 0.380 e. The van der Waals surface area contributed by atoms with Crippen LogP contribution in [0.1, 0.15) is 11.3 Å². The van der Waals surface area contributed by atoms with Crippen LogP contribution in [0.15, 0.2) is 6.20 Å². The molecule has 0 aliphatic carbocycles. The molecule has 0 radical (unpaired) electrons. The van der Waals surface area contributed by atoms with Gasteiger partial charge in [0, 0.05) is 37.8 Å². The molecular formula is C9H15N3OS. The van der Waals surface area contributed by atoms with Gasteiger partial charge in [0.05, 0.1) is 6.10 Å². The van der Waals surface area contributed by atoms with Crippen molar-refractivity contribution in [1.82, 2.24) is 4.98 Å². The van der Waals surface area contributed by atoms with Crippen LogP contribution in [0.5, 0.6) is 0 Å². The molecule has 2 heterocycles. The molecule has 1 aliphatic rings. The van der Waals surface area contributed by atoms with Crippen molar-refractivity contribution in [3.05, 3.63) is 11.1 Å². The third-order valence-corrected chi connectivity index (χ3v) is 3.57. The normalized spacial score (nSPS) is 21.9. The quantitative estimate of drug-likeness (QED) is 0.808. The van der Waals surface area contributed by atoms with Crippen LogP contribution in [0.3, 0.4) is 0 Å². The standard InChI is InChI=1S/C9H15N3OS/c1-13-7-2-3-12(6-7)9-11-5-8(4-10)14-9/h5,7H,2-4,6,10H2,1H3. The fourth-order valence-corrected chi connectivity index (χ4v) is 2.46. The molecule has 1 unspecified atom stereocenters. The first-order chi connectivity index (χ1) is 6.83. The van der Waals surface area contributed by atoms with Crippen molar-refractivity contribution in [2.75, 3.05) is 25.1 Å². The van der Waals surface area contributed by atoms with Crippen LogP contribution in [0.4, 0.5) is 5.13 Å².